The van der Waals surface area contributed by atoms with E-state index in [1.54, 1.807) is 7.11 Å². The Balaban J connectivity index is 0. The molecule has 0 saturated heterocycles. The van der Waals surface area contributed by atoms with Crippen molar-refractivity contribution in [3.05, 3.63) is 0 Å². The lowest BCUT2D eigenvalue weighted by Crippen LogP contribution is -2.11. The summed E-state index contributed by atoms with van der Waals surface area (Å²) in [6, 6.07) is 0. The number of rotatable bonds is 4. The van der Waals surface area contributed by atoms with Crippen molar-refractivity contribution in [2.24, 2.45) is 11.8 Å². The normalized spacial score (nSPS) is 20.1. The summed E-state index contributed by atoms with van der Waals surface area (Å²) in [6.45, 7) is 3.29. The van der Waals surface area contributed by atoms with Gasteiger partial charge in [0, 0.05) is 13.7 Å². The Kier molecular flexibility index (Phi) is 17.1. The molecule has 124 valence electrons. The van der Waals surface area contributed by atoms with E-state index in [1.165, 1.54) is 77.0 Å². The van der Waals surface area contributed by atoms with E-state index in [9.17, 15) is 0 Å². The fourth-order valence-corrected chi connectivity index (χ4v) is 3.47. The zero-order valence-corrected chi connectivity index (χ0v) is 12.8. The van der Waals surface area contributed by atoms with Crippen LogP contribution in [0.4, 0.5) is 0 Å². The first-order valence-electron chi connectivity index (χ1n) is 8.35. The Morgan fingerprint density at radius 2 is 1.20 bits per heavy atom. The lowest BCUT2D eigenvalue weighted by atomic mass is 9.86. The molecule has 2 fully saturated rings. The van der Waals surface area contributed by atoms with E-state index in [2.05, 4.69) is 6.92 Å². The van der Waals surface area contributed by atoms with Gasteiger partial charge >= 0.3 is 0 Å². The molecule has 2 rings (SSSR count). The van der Waals surface area contributed by atoms with Crippen molar-refractivity contribution in [3.8, 4) is 0 Å². The summed E-state index contributed by atoms with van der Waals surface area (Å²) in [5, 5.41) is 0. The first-order chi connectivity index (χ1) is 8.86. The minimum atomic E-state index is 0. The SMILES string of the molecule is C.C.CCCC1CCCCC1.COCC1CCCCC1. The van der Waals surface area contributed by atoms with Crippen molar-refractivity contribution < 1.29 is 4.74 Å². The molecule has 2 aliphatic carbocycles. The lowest BCUT2D eigenvalue weighted by Gasteiger charge is -2.20. The first-order valence-corrected chi connectivity index (χ1v) is 8.35. The number of hydrogen-bond acceptors (Lipinski definition) is 1. The Morgan fingerprint density at radius 3 is 1.60 bits per heavy atom. The summed E-state index contributed by atoms with van der Waals surface area (Å²) in [5.74, 6) is 1.98. The Labute approximate surface area is 129 Å². The molecule has 20 heavy (non-hydrogen) atoms. The Bertz CT molecular complexity index is 141. The molecule has 0 bridgehead atoms. The van der Waals surface area contributed by atoms with Crippen LogP contribution in [-0.4, -0.2) is 13.7 Å². The van der Waals surface area contributed by atoms with Crippen molar-refractivity contribution in [2.75, 3.05) is 13.7 Å². The molecule has 0 amide bonds. The lowest BCUT2D eigenvalue weighted by molar-refractivity contribution is 0.131. The quantitative estimate of drug-likeness (QED) is 0.549. The highest BCUT2D eigenvalue weighted by Gasteiger charge is 2.12. The maximum atomic E-state index is 5.08. The third kappa shape index (κ3) is 10.7. The van der Waals surface area contributed by atoms with Gasteiger partial charge < -0.3 is 4.74 Å². The number of hydrogen-bond donors (Lipinski definition) is 0. The topological polar surface area (TPSA) is 9.23 Å². The van der Waals surface area contributed by atoms with Crippen LogP contribution in [0.2, 0.25) is 0 Å². The summed E-state index contributed by atoms with van der Waals surface area (Å²) in [6.07, 6.45) is 17.5. The van der Waals surface area contributed by atoms with Crippen molar-refractivity contribution in [2.45, 2.75) is 98.8 Å². The Morgan fingerprint density at radius 1 is 0.750 bits per heavy atom. The van der Waals surface area contributed by atoms with E-state index >= 15 is 0 Å². The van der Waals surface area contributed by atoms with Gasteiger partial charge in [-0.05, 0) is 24.7 Å². The third-order valence-electron chi connectivity index (χ3n) is 4.55. The monoisotopic (exact) mass is 286 g/mol. The predicted octanol–water partition coefficient (Wildman–Crippen LogP) is 6.85. The highest BCUT2D eigenvalue weighted by molar-refractivity contribution is 4.65. The maximum Gasteiger partial charge on any atom is 0.0490 e. The molecule has 0 aromatic heterocycles. The molecule has 0 atom stereocenters. The number of ether oxygens (including phenoxy) is 1. The van der Waals surface area contributed by atoms with Crippen LogP contribution < -0.4 is 0 Å². The van der Waals surface area contributed by atoms with Crippen LogP contribution in [0.25, 0.3) is 0 Å². The van der Waals surface area contributed by atoms with Crippen LogP contribution in [0.5, 0.6) is 0 Å². The standard InChI is InChI=1S/C9H18.C8H16O.2CH4/c1-2-6-9-7-4-3-5-8-9;1-9-7-8-5-3-2-4-6-8;;/h9H,2-8H2,1H3;8H,2-7H2,1H3;2*1H4. The first kappa shape index (κ1) is 22.2. The van der Waals surface area contributed by atoms with Crippen LogP contribution in [0.1, 0.15) is 98.8 Å². The second kappa shape index (κ2) is 15.4. The molecule has 0 aromatic carbocycles. The zero-order valence-electron chi connectivity index (χ0n) is 12.8. The summed E-state index contributed by atoms with van der Waals surface area (Å²) in [7, 11) is 1.80. The summed E-state index contributed by atoms with van der Waals surface area (Å²) in [4.78, 5) is 0. The molecule has 1 heteroatoms. The largest absolute Gasteiger partial charge is 0.384 e. The third-order valence-corrected chi connectivity index (χ3v) is 4.55. The van der Waals surface area contributed by atoms with E-state index in [0.29, 0.717) is 0 Å². The molecule has 2 saturated carbocycles. The van der Waals surface area contributed by atoms with E-state index in [0.717, 1.165) is 18.4 Å². The summed E-state index contributed by atoms with van der Waals surface area (Å²) < 4.78 is 5.08. The average Bonchev–Trinajstić information content (AvgIpc) is 2.43. The molecule has 0 spiro atoms. The van der Waals surface area contributed by atoms with Crippen LogP contribution in [0.3, 0.4) is 0 Å². The summed E-state index contributed by atoms with van der Waals surface area (Å²) >= 11 is 0. The molecule has 0 N–H and O–H groups in total. The van der Waals surface area contributed by atoms with E-state index < -0.39 is 0 Å². The van der Waals surface area contributed by atoms with E-state index in [1.807, 2.05) is 0 Å². The smallest absolute Gasteiger partial charge is 0.0490 e. The highest BCUT2D eigenvalue weighted by Crippen LogP contribution is 2.26. The molecular weight excluding hydrogens is 244 g/mol. The fraction of sp³-hybridized carbons (Fsp3) is 1.00. The van der Waals surface area contributed by atoms with Gasteiger partial charge in [0.25, 0.3) is 0 Å². The van der Waals surface area contributed by atoms with Gasteiger partial charge in [-0.15, -0.1) is 0 Å². The summed E-state index contributed by atoms with van der Waals surface area (Å²) in [5.41, 5.74) is 0. The van der Waals surface area contributed by atoms with Gasteiger partial charge in [0.2, 0.25) is 0 Å². The fourth-order valence-electron chi connectivity index (χ4n) is 3.47. The second-order valence-corrected chi connectivity index (χ2v) is 6.25. The maximum absolute atomic E-state index is 5.08. The van der Waals surface area contributed by atoms with Crippen LogP contribution in [0.15, 0.2) is 0 Å². The van der Waals surface area contributed by atoms with Crippen molar-refractivity contribution in [3.63, 3.8) is 0 Å². The molecule has 0 radical (unpaired) electrons. The van der Waals surface area contributed by atoms with Gasteiger partial charge in [-0.1, -0.05) is 86.0 Å². The molecule has 0 heterocycles. The molecular formula is C19H42O. The highest BCUT2D eigenvalue weighted by atomic mass is 16.5. The van der Waals surface area contributed by atoms with Gasteiger partial charge in [-0.25, -0.2) is 0 Å². The van der Waals surface area contributed by atoms with Gasteiger partial charge in [-0.2, -0.15) is 0 Å². The van der Waals surface area contributed by atoms with E-state index in [4.69, 9.17) is 4.74 Å². The molecule has 0 unspecified atom stereocenters. The zero-order chi connectivity index (χ0) is 13.1. The van der Waals surface area contributed by atoms with Crippen LogP contribution in [-0.2, 0) is 4.74 Å². The van der Waals surface area contributed by atoms with Gasteiger partial charge in [0.15, 0.2) is 0 Å². The van der Waals surface area contributed by atoms with Gasteiger partial charge in [-0.3, -0.25) is 0 Å². The molecule has 2 aliphatic rings. The Hall–Kier alpha value is -0.0400. The second-order valence-electron chi connectivity index (χ2n) is 6.25. The number of methoxy groups -OCH3 is 1. The van der Waals surface area contributed by atoms with Crippen LogP contribution >= 0.6 is 0 Å². The van der Waals surface area contributed by atoms with Crippen molar-refractivity contribution in [1.82, 2.24) is 0 Å². The minimum Gasteiger partial charge on any atom is -0.384 e. The van der Waals surface area contributed by atoms with Crippen LogP contribution in [0, 0.1) is 11.8 Å². The predicted molar refractivity (Wildman–Crippen MR) is 93.4 cm³/mol. The van der Waals surface area contributed by atoms with E-state index in [-0.39, 0.29) is 14.9 Å². The average molecular weight is 287 g/mol. The van der Waals surface area contributed by atoms with Gasteiger partial charge in [0.1, 0.15) is 0 Å². The van der Waals surface area contributed by atoms with Crippen molar-refractivity contribution >= 4 is 0 Å². The van der Waals surface area contributed by atoms with Gasteiger partial charge in [0.05, 0.1) is 0 Å². The molecule has 0 aliphatic heterocycles. The molecule has 0 aromatic rings. The molecule has 1 nitrogen and oxygen atoms in total. The van der Waals surface area contributed by atoms with Crippen molar-refractivity contribution in [1.29, 1.82) is 0 Å². The minimum absolute atomic E-state index is 0.